The summed E-state index contributed by atoms with van der Waals surface area (Å²) in [4.78, 5) is 50.1. The number of halogens is 2. The number of anilines is 2. The molecule has 4 aromatic rings. The number of carboxylic acids is 2. The Labute approximate surface area is 261 Å². The van der Waals surface area contributed by atoms with Crippen molar-refractivity contribution in [2.75, 3.05) is 10.6 Å². The van der Waals surface area contributed by atoms with E-state index in [-0.39, 0.29) is 34.0 Å². The number of nitrogens with one attached hydrogen (secondary N) is 2. The second-order valence-electron chi connectivity index (χ2n) is 9.13. The maximum absolute atomic E-state index is 13.1. The Morgan fingerprint density at radius 2 is 1.05 bits per heavy atom. The molecular weight excluding hydrogens is 611 g/mol. The normalized spacial score (nSPS) is 10.8. The van der Waals surface area contributed by atoms with E-state index in [9.17, 15) is 29.4 Å². The zero-order chi connectivity index (χ0) is 31.8. The van der Waals surface area contributed by atoms with Crippen molar-refractivity contribution in [3.8, 4) is 23.0 Å². The van der Waals surface area contributed by atoms with Gasteiger partial charge in [0, 0.05) is 21.4 Å². The fraction of sp³-hybridized carbons (Fsp3) is 0.0625. The van der Waals surface area contributed by atoms with Gasteiger partial charge in [0.25, 0.3) is 0 Å². The van der Waals surface area contributed by atoms with Crippen molar-refractivity contribution in [2.45, 2.75) is 6.92 Å². The van der Waals surface area contributed by atoms with E-state index in [0.29, 0.717) is 21.5 Å². The van der Waals surface area contributed by atoms with Crippen molar-refractivity contribution in [1.82, 2.24) is 0 Å². The van der Waals surface area contributed by atoms with Crippen LogP contribution in [0, 0.1) is 5.92 Å². The minimum absolute atomic E-state index is 0.0262. The molecule has 10 nitrogen and oxygen atoms in total. The van der Waals surface area contributed by atoms with Crippen molar-refractivity contribution < 1.29 is 38.9 Å². The Hall–Kier alpha value is -5.32. The number of rotatable bonds is 11. The van der Waals surface area contributed by atoms with Crippen LogP contribution in [0.1, 0.15) is 27.6 Å². The highest BCUT2D eigenvalue weighted by Gasteiger charge is 2.26. The average Bonchev–Trinajstić information content (AvgIpc) is 2.99. The van der Waals surface area contributed by atoms with Crippen LogP contribution in [0.25, 0.3) is 0 Å². The summed E-state index contributed by atoms with van der Waals surface area (Å²) in [7, 11) is 0. The summed E-state index contributed by atoms with van der Waals surface area (Å²) in [6, 6.07) is 20.7. The molecule has 0 aromatic heterocycles. The smallest absolute Gasteiger partial charge is 0.339 e. The van der Waals surface area contributed by atoms with E-state index in [1.807, 2.05) is 0 Å². The van der Waals surface area contributed by atoms with Gasteiger partial charge in [-0.25, -0.2) is 9.59 Å². The van der Waals surface area contributed by atoms with Crippen LogP contribution in [-0.2, 0) is 9.59 Å². The molecule has 0 unspecified atom stereocenters. The molecule has 2 amide bonds. The largest absolute Gasteiger partial charge is 0.478 e. The molecule has 4 aromatic carbocycles. The predicted octanol–water partition coefficient (Wildman–Crippen LogP) is 7.74. The fourth-order valence-electron chi connectivity index (χ4n) is 3.91. The van der Waals surface area contributed by atoms with Crippen molar-refractivity contribution in [3.63, 3.8) is 0 Å². The molecule has 224 valence electrons. The second kappa shape index (κ2) is 14.2. The zero-order valence-electron chi connectivity index (χ0n) is 22.9. The van der Waals surface area contributed by atoms with Crippen molar-refractivity contribution in [1.29, 1.82) is 0 Å². The van der Waals surface area contributed by atoms with Crippen LogP contribution in [0.2, 0.25) is 10.0 Å². The third-order valence-corrected chi connectivity index (χ3v) is 6.49. The minimum atomic E-state index is -1.35. The number of ether oxygens (including phenoxy) is 2. The Balaban J connectivity index is 1.50. The van der Waals surface area contributed by atoms with Gasteiger partial charge in [-0.1, -0.05) is 35.4 Å². The molecule has 0 aliphatic carbocycles. The van der Waals surface area contributed by atoms with Gasteiger partial charge >= 0.3 is 11.9 Å². The van der Waals surface area contributed by atoms with E-state index >= 15 is 0 Å². The lowest BCUT2D eigenvalue weighted by atomic mass is 10.1. The number of benzene rings is 4. The summed E-state index contributed by atoms with van der Waals surface area (Å²) in [5.41, 5.74) is -0.246. The van der Waals surface area contributed by atoms with Gasteiger partial charge in [-0.05, 0) is 91.9 Å². The van der Waals surface area contributed by atoms with E-state index in [1.54, 1.807) is 55.5 Å². The SMILES string of the molecule is C/C=C\C(C(=O)Nc1ccc(Oc2ccc(Cl)cc2)c(C(=O)O)c1)C(=O)Nc1ccc(Oc2ccc(Cl)cc2)c(C(=O)O)c1. The van der Waals surface area contributed by atoms with Crippen molar-refractivity contribution in [3.05, 3.63) is 118 Å². The van der Waals surface area contributed by atoms with E-state index in [1.165, 1.54) is 48.6 Å². The number of carbonyl (C=O) groups excluding carboxylic acids is 2. The van der Waals surface area contributed by atoms with Gasteiger partial charge in [0.2, 0.25) is 11.8 Å². The van der Waals surface area contributed by atoms with E-state index < -0.39 is 29.7 Å². The summed E-state index contributed by atoms with van der Waals surface area (Å²) < 4.78 is 11.3. The zero-order valence-corrected chi connectivity index (χ0v) is 24.4. The van der Waals surface area contributed by atoms with Crippen LogP contribution in [0.4, 0.5) is 11.4 Å². The molecule has 0 spiro atoms. The van der Waals surface area contributed by atoms with Gasteiger partial charge < -0.3 is 30.3 Å². The third kappa shape index (κ3) is 8.15. The first-order valence-corrected chi connectivity index (χ1v) is 13.7. The maximum atomic E-state index is 13.1. The van der Waals surface area contributed by atoms with Crippen LogP contribution in [0.3, 0.4) is 0 Å². The molecule has 0 bridgehead atoms. The first-order valence-electron chi connectivity index (χ1n) is 12.9. The number of hydrogen-bond donors (Lipinski definition) is 4. The van der Waals surface area contributed by atoms with Crippen molar-refractivity contribution >= 4 is 58.3 Å². The van der Waals surface area contributed by atoms with E-state index in [2.05, 4.69) is 10.6 Å². The van der Waals surface area contributed by atoms with Crippen LogP contribution >= 0.6 is 23.2 Å². The highest BCUT2D eigenvalue weighted by Crippen LogP contribution is 2.31. The van der Waals surface area contributed by atoms with Gasteiger partial charge in [-0.3, -0.25) is 9.59 Å². The van der Waals surface area contributed by atoms with E-state index in [0.717, 1.165) is 0 Å². The summed E-state index contributed by atoms with van der Waals surface area (Å²) in [6.07, 6.45) is 2.85. The Bertz CT molecular complexity index is 1620. The van der Waals surface area contributed by atoms with Crippen LogP contribution in [0.5, 0.6) is 23.0 Å². The molecule has 0 saturated heterocycles. The molecule has 0 aliphatic rings. The lowest BCUT2D eigenvalue weighted by Gasteiger charge is -2.16. The van der Waals surface area contributed by atoms with Gasteiger partial charge in [0.15, 0.2) is 0 Å². The maximum Gasteiger partial charge on any atom is 0.339 e. The topological polar surface area (TPSA) is 151 Å². The summed E-state index contributed by atoms with van der Waals surface area (Å²) in [6.45, 7) is 1.62. The van der Waals surface area contributed by atoms with Gasteiger partial charge in [0.1, 0.15) is 40.0 Å². The van der Waals surface area contributed by atoms with Crippen molar-refractivity contribution in [2.24, 2.45) is 5.92 Å². The van der Waals surface area contributed by atoms with Gasteiger partial charge in [-0.15, -0.1) is 0 Å². The average molecular weight is 635 g/mol. The van der Waals surface area contributed by atoms with Gasteiger partial charge in [0.05, 0.1) is 0 Å². The number of amides is 2. The highest BCUT2D eigenvalue weighted by molar-refractivity contribution is 6.30. The lowest BCUT2D eigenvalue weighted by molar-refractivity contribution is -0.127. The third-order valence-electron chi connectivity index (χ3n) is 5.99. The number of allylic oxidation sites excluding steroid dienone is 1. The molecule has 0 radical (unpaired) electrons. The fourth-order valence-corrected chi connectivity index (χ4v) is 4.17. The molecule has 4 rings (SSSR count). The second-order valence-corrected chi connectivity index (χ2v) is 10.00. The quantitative estimate of drug-likeness (QED) is 0.0965. The van der Waals surface area contributed by atoms with Crippen LogP contribution < -0.4 is 20.1 Å². The highest BCUT2D eigenvalue weighted by atomic mass is 35.5. The Morgan fingerprint density at radius 1 is 0.659 bits per heavy atom. The predicted molar refractivity (Wildman–Crippen MR) is 165 cm³/mol. The molecule has 0 fully saturated rings. The van der Waals surface area contributed by atoms with Crippen LogP contribution in [-0.4, -0.2) is 34.0 Å². The number of aromatic carboxylic acids is 2. The van der Waals surface area contributed by atoms with Gasteiger partial charge in [-0.2, -0.15) is 0 Å². The molecule has 0 aliphatic heterocycles. The molecule has 4 N–H and O–H groups in total. The lowest BCUT2D eigenvalue weighted by Crippen LogP contribution is -2.32. The first-order chi connectivity index (χ1) is 21.0. The molecule has 0 saturated carbocycles. The summed E-state index contributed by atoms with van der Waals surface area (Å²) in [5, 5.41) is 25.5. The van der Waals surface area contributed by atoms with E-state index in [4.69, 9.17) is 32.7 Å². The first kappa shape index (κ1) is 31.6. The Kier molecular flexibility index (Phi) is 10.2. The summed E-state index contributed by atoms with van der Waals surface area (Å²) in [5.74, 6) is -4.71. The molecule has 44 heavy (non-hydrogen) atoms. The number of carboxylic acid groups (broad SMARTS) is 2. The molecular formula is C32H24Cl2N2O8. The Morgan fingerprint density at radius 3 is 1.39 bits per heavy atom. The minimum Gasteiger partial charge on any atom is -0.478 e. The molecule has 0 atom stereocenters. The number of carbonyl (C=O) groups is 4. The standard InChI is InChI=1S/C32H24Cl2N2O8/c1-2-3-24(29(37)35-20-8-14-27(25(16-20)31(39)40)43-22-10-4-18(33)5-11-22)30(38)36-21-9-15-28(26(17-21)32(41)42)44-23-12-6-19(34)7-13-23/h2-17,24H,1H3,(H,35,37)(H,36,38)(H,39,40)(H,41,42)/b3-2-. The molecule has 12 heteroatoms. The monoisotopic (exact) mass is 634 g/mol. The number of hydrogen-bond acceptors (Lipinski definition) is 6. The summed E-state index contributed by atoms with van der Waals surface area (Å²) >= 11 is 11.8. The van der Waals surface area contributed by atoms with Crippen LogP contribution in [0.15, 0.2) is 97.1 Å². The molecule has 0 heterocycles.